The number of hydrogen-bond donors (Lipinski definition) is 0. The second-order valence-electron chi connectivity index (χ2n) is 8.10. The summed E-state index contributed by atoms with van der Waals surface area (Å²) in [4.78, 5) is 11.2. The minimum Gasteiger partial charge on any atom is -0.264 e. The smallest absolute Gasteiger partial charge is 0.214 e. The molecule has 0 aliphatic carbocycles. The average molecular weight is 412 g/mol. The summed E-state index contributed by atoms with van der Waals surface area (Å²) >= 11 is 0. The Balaban J connectivity index is 2.88. The van der Waals surface area contributed by atoms with Crippen LogP contribution < -0.4 is 0 Å². The van der Waals surface area contributed by atoms with Crippen molar-refractivity contribution in [1.29, 1.82) is 0 Å². The van der Waals surface area contributed by atoms with Gasteiger partial charge in [0.05, 0.1) is 10.1 Å². The van der Waals surface area contributed by atoms with Crippen LogP contribution in [0.1, 0.15) is 79.1 Å². The Hall–Kier alpha value is -1.43. The molecule has 4 unspecified atom stereocenters. The molecule has 4 atom stereocenters. The Bertz CT molecular complexity index is 675. The van der Waals surface area contributed by atoms with Gasteiger partial charge in [0.15, 0.2) is 9.84 Å². The molecule has 1 aromatic carbocycles. The molecule has 6 heteroatoms. The van der Waals surface area contributed by atoms with Gasteiger partial charge in [-0.25, -0.2) is 8.42 Å². The van der Waals surface area contributed by atoms with Crippen molar-refractivity contribution in [3.63, 3.8) is 0 Å². The quantitative estimate of drug-likeness (QED) is 0.217. The molecule has 0 saturated heterocycles. The van der Waals surface area contributed by atoms with E-state index in [2.05, 4.69) is 6.92 Å². The van der Waals surface area contributed by atoms with Crippen molar-refractivity contribution in [2.75, 3.05) is 0 Å². The highest BCUT2D eigenvalue weighted by Crippen LogP contribution is 2.32. The molecule has 0 aliphatic rings. The topological polar surface area (TPSA) is 77.3 Å². The second kappa shape index (κ2) is 12.2. The van der Waals surface area contributed by atoms with Gasteiger partial charge in [0, 0.05) is 17.8 Å². The lowest BCUT2D eigenvalue weighted by molar-refractivity contribution is -0.527. The molecule has 0 aliphatic heterocycles. The van der Waals surface area contributed by atoms with Crippen LogP contribution in [0.2, 0.25) is 0 Å². The van der Waals surface area contributed by atoms with Gasteiger partial charge in [-0.15, -0.1) is 0 Å². The Kier molecular flexibility index (Phi) is 10.7. The van der Waals surface area contributed by atoms with Crippen LogP contribution in [0, 0.1) is 22.0 Å². The summed E-state index contributed by atoms with van der Waals surface area (Å²) in [5.74, 6) is -0.682. The first-order chi connectivity index (χ1) is 13.2. The van der Waals surface area contributed by atoms with Crippen molar-refractivity contribution in [3.8, 4) is 0 Å². The summed E-state index contributed by atoms with van der Waals surface area (Å²) < 4.78 is 26.7. The lowest BCUT2D eigenvalue weighted by atomic mass is 9.88. The molecule has 0 spiro atoms. The molecule has 0 aromatic heterocycles. The van der Waals surface area contributed by atoms with Crippen molar-refractivity contribution in [2.45, 2.75) is 95.2 Å². The van der Waals surface area contributed by atoms with E-state index < -0.39 is 27.0 Å². The molecule has 160 valence electrons. The summed E-state index contributed by atoms with van der Waals surface area (Å²) in [6.07, 6.45) is 8.98. The maximum absolute atomic E-state index is 13.3. The van der Waals surface area contributed by atoms with Crippen LogP contribution in [0.3, 0.4) is 0 Å². The van der Waals surface area contributed by atoms with Crippen LogP contribution >= 0.6 is 0 Å². The predicted molar refractivity (Wildman–Crippen MR) is 115 cm³/mol. The highest BCUT2D eigenvalue weighted by molar-refractivity contribution is 7.92. The Morgan fingerprint density at radius 2 is 1.46 bits per heavy atom. The van der Waals surface area contributed by atoms with Crippen molar-refractivity contribution < 1.29 is 13.3 Å². The van der Waals surface area contributed by atoms with Gasteiger partial charge in [0.1, 0.15) is 0 Å². The third-order valence-corrected chi connectivity index (χ3v) is 8.41. The summed E-state index contributed by atoms with van der Waals surface area (Å²) in [7, 11) is -3.64. The minimum atomic E-state index is -3.64. The highest BCUT2D eigenvalue weighted by atomic mass is 32.2. The monoisotopic (exact) mass is 411 g/mol. The lowest BCUT2D eigenvalue weighted by Crippen LogP contribution is -2.42. The molecule has 0 saturated carbocycles. The van der Waals surface area contributed by atoms with Gasteiger partial charge in [0.25, 0.3) is 0 Å². The number of rotatable bonds is 14. The van der Waals surface area contributed by atoms with Crippen molar-refractivity contribution in [2.24, 2.45) is 11.8 Å². The summed E-state index contributed by atoms with van der Waals surface area (Å²) in [6.45, 7) is 7.35. The molecule has 28 heavy (non-hydrogen) atoms. The van der Waals surface area contributed by atoms with Gasteiger partial charge in [-0.3, -0.25) is 10.1 Å². The van der Waals surface area contributed by atoms with E-state index in [1.54, 1.807) is 37.3 Å². The van der Waals surface area contributed by atoms with Crippen LogP contribution in [-0.4, -0.2) is 24.6 Å². The molecule has 0 heterocycles. The molecule has 1 rings (SSSR count). The number of hydrogen-bond acceptors (Lipinski definition) is 4. The van der Waals surface area contributed by atoms with Gasteiger partial charge in [-0.1, -0.05) is 83.9 Å². The van der Waals surface area contributed by atoms with E-state index in [9.17, 15) is 18.5 Å². The Morgan fingerprint density at radius 3 is 2.00 bits per heavy atom. The molecule has 0 fully saturated rings. The van der Waals surface area contributed by atoms with Crippen LogP contribution in [-0.2, 0) is 9.84 Å². The lowest BCUT2D eigenvalue weighted by Gasteiger charge is -2.30. The van der Waals surface area contributed by atoms with Gasteiger partial charge < -0.3 is 0 Å². The fourth-order valence-corrected chi connectivity index (χ4v) is 6.32. The fourth-order valence-electron chi connectivity index (χ4n) is 3.93. The van der Waals surface area contributed by atoms with E-state index in [-0.39, 0.29) is 15.7 Å². The molecule has 0 bridgehead atoms. The molecule has 0 N–H and O–H groups in total. The van der Waals surface area contributed by atoms with Gasteiger partial charge in [-0.2, -0.15) is 0 Å². The van der Waals surface area contributed by atoms with Crippen LogP contribution in [0.4, 0.5) is 0 Å². The van der Waals surface area contributed by atoms with Crippen molar-refractivity contribution in [3.05, 3.63) is 40.4 Å². The van der Waals surface area contributed by atoms with E-state index in [1.165, 1.54) is 39.0 Å². The average Bonchev–Trinajstić information content (AvgIpc) is 2.67. The zero-order chi connectivity index (χ0) is 21.2. The molecule has 0 radical (unpaired) electrons. The van der Waals surface area contributed by atoms with E-state index in [0.717, 1.165) is 19.3 Å². The van der Waals surface area contributed by atoms with Crippen molar-refractivity contribution >= 4 is 9.84 Å². The van der Waals surface area contributed by atoms with Gasteiger partial charge in [0.2, 0.25) is 6.04 Å². The van der Waals surface area contributed by atoms with Gasteiger partial charge in [-0.05, 0) is 24.5 Å². The summed E-state index contributed by atoms with van der Waals surface area (Å²) in [5.41, 5.74) is 0. The van der Waals surface area contributed by atoms with Gasteiger partial charge >= 0.3 is 0 Å². The first kappa shape index (κ1) is 24.6. The number of unbranched alkanes of at least 4 members (excludes halogenated alkanes) is 6. The normalized spacial score (nSPS) is 16.3. The molecular weight excluding hydrogens is 374 g/mol. The fraction of sp³-hybridized carbons (Fsp3) is 0.727. The minimum absolute atomic E-state index is 0.127. The predicted octanol–water partition coefficient (Wildman–Crippen LogP) is 5.91. The molecule has 0 amide bonds. The number of nitro groups is 1. The van der Waals surface area contributed by atoms with E-state index in [1.807, 2.05) is 6.92 Å². The number of nitrogens with zero attached hydrogens (tertiary/aromatic N) is 1. The summed E-state index contributed by atoms with van der Waals surface area (Å²) in [6, 6.07) is 7.46. The first-order valence-electron chi connectivity index (χ1n) is 10.7. The molecule has 5 nitrogen and oxygen atoms in total. The van der Waals surface area contributed by atoms with Crippen LogP contribution in [0.5, 0.6) is 0 Å². The van der Waals surface area contributed by atoms with Crippen molar-refractivity contribution in [1.82, 2.24) is 0 Å². The number of sulfone groups is 1. The maximum atomic E-state index is 13.3. The SMILES string of the molecule is CCCCCCCCCC(C)C(C(C)C(C)[N+](=O)[O-])S(=O)(=O)c1ccccc1. The van der Waals surface area contributed by atoms with Crippen LogP contribution in [0.25, 0.3) is 0 Å². The zero-order valence-corrected chi connectivity index (χ0v) is 18.7. The zero-order valence-electron chi connectivity index (χ0n) is 17.8. The van der Waals surface area contributed by atoms with E-state index in [4.69, 9.17) is 0 Å². The number of benzene rings is 1. The summed E-state index contributed by atoms with van der Waals surface area (Å²) in [5, 5.41) is 10.6. The highest BCUT2D eigenvalue weighted by Gasteiger charge is 2.42. The standard InChI is InChI=1S/C22H37NO4S/c1-5-6-7-8-9-10-12-15-18(2)22(19(3)20(4)23(24)25)28(26,27)21-16-13-11-14-17-21/h11,13-14,16-20,22H,5-10,12,15H2,1-4H3. The van der Waals surface area contributed by atoms with E-state index >= 15 is 0 Å². The molecular formula is C22H37NO4S. The maximum Gasteiger partial charge on any atom is 0.214 e. The second-order valence-corrected chi connectivity index (χ2v) is 10.2. The Morgan fingerprint density at radius 1 is 0.929 bits per heavy atom. The third kappa shape index (κ3) is 7.19. The third-order valence-electron chi connectivity index (χ3n) is 5.87. The Labute approximate surface area is 171 Å². The van der Waals surface area contributed by atoms with Crippen LogP contribution in [0.15, 0.2) is 35.2 Å². The molecule has 1 aromatic rings. The first-order valence-corrected chi connectivity index (χ1v) is 12.2. The largest absolute Gasteiger partial charge is 0.264 e. The van der Waals surface area contributed by atoms with E-state index in [0.29, 0.717) is 0 Å².